The highest BCUT2D eigenvalue weighted by molar-refractivity contribution is 14.1. The molecule has 0 aromatic carbocycles. The minimum absolute atomic E-state index is 0.103. The van der Waals surface area contributed by atoms with E-state index < -0.39 is 0 Å². The summed E-state index contributed by atoms with van der Waals surface area (Å²) in [5, 5.41) is 2.72. The number of rotatable bonds is 7. The van der Waals surface area contributed by atoms with Crippen molar-refractivity contribution in [1.29, 1.82) is 0 Å². The highest BCUT2D eigenvalue weighted by Gasteiger charge is 1.98. The number of hydrogen-bond donors (Lipinski definition) is 1. The van der Waals surface area contributed by atoms with Crippen molar-refractivity contribution in [3.8, 4) is 0 Å². The number of carbonyl (C=O) groups is 1. The zero-order valence-corrected chi connectivity index (χ0v) is 10.1. The molecular formula is C7H14INO2S. The first-order valence-corrected chi connectivity index (χ1v) is 6.47. The molecule has 0 aliphatic rings. The second-order valence-corrected chi connectivity index (χ2v) is 3.85. The zero-order valence-electron chi connectivity index (χ0n) is 7.14. The molecule has 0 heterocycles. The molecule has 0 unspecified atom stereocenters. The average Bonchev–Trinajstić information content (AvgIpc) is 2.05. The summed E-state index contributed by atoms with van der Waals surface area (Å²) in [5.74, 6) is 1.53. The number of carbonyl (C=O) groups excluding carboxylic acids is 1. The van der Waals surface area contributed by atoms with Gasteiger partial charge in [0.05, 0.1) is 16.9 Å². The van der Waals surface area contributed by atoms with Crippen molar-refractivity contribution in [2.24, 2.45) is 0 Å². The molecule has 0 atom stereocenters. The van der Waals surface area contributed by atoms with E-state index in [0.717, 1.165) is 19.0 Å². The van der Waals surface area contributed by atoms with Gasteiger partial charge in [0.25, 0.3) is 0 Å². The first-order valence-electron chi connectivity index (χ1n) is 3.79. The number of ether oxygens (including phenoxy) is 1. The number of nitrogens with one attached hydrogen (secondary N) is 1. The van der Waals surface area contributed by atoms with Crippen LogP contribution in [0.3, 0.4) is 0 Å². The van der Waals surface area contributed by atoms with Crippen molar-refractivity contribution in [2.45, 2.75) is 6.92 Å². The molecule has 0 aromatic rings. The fourth-order valence-corrected chi connectivity index (χ4v) is 1.65. The Kier molecular flexibility index (Phi) is 10.0. The van der Waals surface area contributed by atoms with Crippen LogP contribution in [-0.2, 0) is 9.53 Å². The molecule has 12 heavy (non-hydrogen) atoms. The molecule has 0 aliphatic heterocycles. The van der Waals surface area contributed by atoms with E-state index in [-0.39, 0.29) is 5.91 Å². The van der Waals surface area contributed by atoms with Gasteiger partial charge in [-0.25, -0.2) is 0 Å². The summed E-state index contributed by atoms with van der Waals surface area (Å²) in [6.45, 7) is 3.45. The van der Waals surface area contributed by atoms with Gasteiger partial charge in [-0.05, 0) is 6.92 Å². The normalized spacial score (nSPS) is 9.83. The molecule has 5 heteroatoms. The molecule has 0 spiro atoms. The summed E-state index contributed by atoms with van der Waals surface area (Å²) in [6, 6.07) is 0. The smallest absolute Gasteiger partial charge is 0.230 e. The summed E-state index contributed by atoms with van der Waals surface area (Å²) in [4.78, 5) is 10.9. The van der Waals surface area contributed by atoms with Gasteiger partial charge in [0.1, 0.15) is 0 Å². The monoisotopic (exact) mass is 303 g/mol. The molecule has 0 radical (unpaired) electrons. The van der Waals surface area contributed by atoms with Gasteiger partial charge < -0.3 is 10.1 Å². The molecule has 0 saturated carbocycles. The van der Waals surface area contributed by atoms with Crippen molar-refractivity contribution in [3.05, 3.63) is 0 Å². The molecule has 1 N–H and O–H groups in total. The average molecular weight is 303 g/mol. The number of halogens is 1. The molecule has 0 saturated heterocycles. The van der Waals surface area contributed by atoms with Gasteiger partial charge in [0, 0.05) is 12.4 Å². The third-order valence-corrected chi connectivity index (χ3v) is 2.38. The lowest BCUT2D eigenvalue weighted by molar-refractivity contribution is -0.118. The van der Waals surface area contributed by atoms with Crippen LogP contribution < -0.4 is 5.32 Å². The third kappa shape index (κ3) is 8.61. The SMILES string of the molecule is CCOCCSCC(=O)NCI. The van der Waals surface area contributed by atoms with E-state index >= 15 is 0 Å². The van der Waals surface area contributed by atoms with Crippen molar-refractivity contribution in [1.82, 2.24) is 5.32 Å². The van der Waals surface area contributed by atoms with E-state index in [1.165, 1.54) is 0 Å². The molecule has 72 valence electrons. The summed E-state index contributed by atoms with van der Waals surface area (Å²) in [6.07, 6.45) is 0. The molecule has 1 amide bonds. The fraction of sp³-hybridized carbons (Fsp3) is 0.857. The van der Waals surface area contributed by atoms with Crippen LogP contribution in [-0.4, -0.2) is 35.2 Å². The highest BCUT2D eigenvalue weighted by atomic mass is 127. The maximum absolute atomic E-state index is 10.9. The van der Waals surface area contributed by atoms with Crippen LogP contribution in [0.2, 0.25) is 0 Å². The minimum atomic E-state index is 0.103. The standard InChI is InChI=1S/C7H14INO2S/c1-2-11-3-4-12-5-7(10)9-6-8/h2-6H2,1H3,(H,9,10). The second-order valence-electron chi connectivity index (χ2n) is 1.98. The summed E-state index contributed by atoms with van der Waals surface area (Å²) in [7, 11) is 0. The van der Waals surface area contributed by atoms with Gasteiger partial charge >= 0.3 is 0 Å². The number of thioether (sulfide) groups is 1. The van der Waals surface area contributed by atoms with Crippen molar-refractivity contribution in [3.63, 3.8) is 0 Å². The zero-order chi connectivity index (χ0) is 9.23. The lowest BCUT2D eigenvalue weighted by Crippen LogP contribution is -2.23. The van der Waals surface area contributed by atoms with Crippen LogP contribution in [0.1, 0.15) is 6.92 Å². The Morgan fingerprint density at radius 2 is 2.42 bits per heavy atom. The summed E-state index contributed by atoms with van der Waals surface area (Å²) in [5.41, 5.74) is 0. The fourth-order valence-electron chi connectivity index (χ4n) is 0.553. The lowest BCUT2D eigenvalue weighted by Gasteiger charge is -2.01. The Balaban J connectivity index is 3.03. The Bertz CT molecular complexity index is 124. The van der Waals surface area contributed by atoms with E-state index in [2.05, 4.69) is 27.9 Å². The third-order valence-electron chi connectivity index (χ3n) is 1.07. The first kappa shape index (κ1) is 12.5. The number of amides is 1. The van der Waals surface area contributed by atoms with Gasteiger partial charge in [-0.2, -0.15) is 0 Å². The Labute approximate surface area is 91.1 Å². The minimum Gasteiger partial charge on any atom is -0.381 e. The van der Waals surface area contributed by atoms with E-state index in [0.29, 0.717) is 10.3 Å². The summed E-state index contributed by atoms with van der Waals surface area (Å²) >= 11 is 3.71. The van der Waals surface area contributed by atoms with Gasteiger partial charge in [0.15, 0.2) is 0 Å². The van der Waals surface area contributed by atoms with Crippen LogP contribution in [0.25, 0.3) is 0 Å². The van der Waals surface area contributed by atoms with Crippen LogP contribution in [0, 0.1) is 0 Å². The van der Waals surface area contributed by atoms with Gasteiger partial charge in [0.2, 0.25) is 5.91 Å². The predicted molar refractivity (Wildman–Crippen MR) is 60.8 cm³/mol. The second kappa shape index (κ2) is 9.60. The Morgan fingerprint density at radius 1 is 1.67 bits per heavy atom. The van der Waals surface area contributed by atoms with Crippen molar-refractivity contribution in [2.75, 3.05) is 29.3 Å². The van der Waals surface area contributed by atoms with E-state index in [1.807, 2.05) is 6.92 Å². The van der Waals surface area contributed by atoms with E-state index in [9.17, 15) is 4.79 Å². The van der Waals surface area contributed by atoms with Gasteiger partial charge in [-0.15, -0.1) is 11.8 Å². The molecule has 0 bridgehead atoms. The molecule has 3 nitrogen and oxygen atoms in total. The summed E-state index contributed by atoms with van der Waals surface area (Å²) < 4.78 is 5.80. The maximum Gasteiger partial charge on any atom is 0.230 e. The predicted octanol–water partition coefficient (Wildman–Crippen LogP) is 1.26. The quantitative estimate of drug-likeness (QED) is 0.333. The van der Waals surface area contributed by atoms with Gasteiger partial charge in [-0.3, -0.25) is 4.79 Å². The molecule has 0 aromatic heterocycles. The van der Waals surface area contributed by atoms with Crippen molar-refractivity contribution >= 4 is 40.3 Å². The lowest BCUT2D eigenvalue weighted by atomic mass is 10.7. The van der Waals surface area contributed by atoms with E-state index in [4.69, 9.17) is 4.74 Å². The Hall–Kier alpha value is 0.510. The Morgan fingerprint density at radius 3 is 3.00 bits per heavy atom. The van der Waals surface area contributed by atoms with Crippen molar-refractivity contribution < 1.29 is 9.53 Å². The van der Waals surface area contributed by atoms with E-state index in [1.54, 1.807) is 11.8 Å². The van der Waals surface area contributed by atoms with Gasteiger partial charge in [-0.1, -0.05) is 22.6 Å². The number of alkyl halides is 1. The largest absolute Gasteiger partial charge is 0.381 e. The van der Waals surface area contributed by atoms with Crippen LogP contribution in [0.15, 0.2) is 0 Å². The van der Waals surface area contributed by atoms with Crippen LogP contribution >= 0.6 is 34.4 Å². The topological polar surface area (TPSA) is 38.3 Å². The molecule has 0 rings (SSSR count). The molecular weight excluding hydrogens is 289 g/mol. The molecule has 0 fully saturated rings. The van der Waals surface area contributed by atoms with Crippen LogP contribution in [0.5, 0.6) is 0 Å². The first-order chi connectivity index (χ1) is 5.81. The van der Waals surface area contributed by atoms with Crippen LogP contribution in [0.4, 0.5) is 0 Å². The maximum atomic E-state index is 10.9. The highest BCUT2D eigenvalue weighted by Crippen LogP contribution is 1.98. The molecule has 0 aliphatic carbocycles. The number of hydrogen-bond acceptors (Lipinski definition) is 3.